The molecule has 0 saturated carbocycles. The number of furan rings is 1. The number of rotatable bonds is 5. The predicted octanol–water partition coefficient (Wildman–Crippen LogP) is 3.15. The van der Waals surface area contributed by atoms with E-state index in [9.17, 15) is 4.79 Å². The first-order chi connectivity index (χ1) is 10.7. The lowest BCUT2D eigenvalue weighted by molar-refractivity contribution is 0.0910. The highest BCUT2D eigenvalue weighted by Crippen LogP contribution is 2.25. The van der Waals surface area contributed by atoms with Gasteiger partial charge in [-0.3, -0.25) is 9.69 Å². The molecule has 3 rings (SSSR count). The van der Waals surface area contributed by atoms with Crippen molar-refractivity contribution in [1.82, 2.24) is 10.2 Å². The maximum absolute atomic E-state index is 12.1. The molecule has 1 aliphatic rings. The van der Waals surface area contributed by atoms with Crippen molar-refractivity contribution >= 4 is 5.91 Å². The summed E-state index contributed by atoms with van der Waals surface area (Å²) in [4.78, 5) is 14.5. The van der Waals surface area contributed by atoms with Crippen LogP contribution >= 0.6 is 0 Å². The lowest BCUT2D eigenvalue weighted by atomic mass is 10.0. The van der Waals surface area contributed by atoms with Crippen LogP contribution in [0.4, 0.5) is 0 Å². The largest absolute Gasteiger partial charge is 0.459 e. The number of benzene rings is 1. The number of nitrogens with zero attached hydrogens (tertiary/aromatic N) is 1. The molecule has 2 heterocycles. The van der Waals surface area contributed by atoms with Crippen LogP contribution in [0, 0.1) is 6.92 Å². The summed E-state index contributed by atoms with van der Waals surface area (Å²) in [5.74, 6) is 0.213. The van der Waals surface area contributed by atoms with Crippen LogP contribution in [0.15, 0.2) is 47.1 Å². The minimum atomic E-state index is -0.152. The Bertz CT molecular complexity index is 599. The molecule has 1 amide bonds. The van der Waals surface area contributed by atoms with E-state index in [1.54, 1.807) is 12.1 Å². The van der Waals surface area contributed by atoms with Gasteiger partial charge in [-0.2, -0.15) is 0 Å². The van der Waals surface area contributed by atoms with Gasteiger partial charge in [0.15, 0.2) is 5.76 Å². The third-order valence-corrected chi connectivity index (χ3v) is 4.24. The Morgan fingerprint density at radius 3 is 2.59 bits per heavy atom. The number of aryl methyl sites for hydroxylation is 1. The number of hydrogen-bond acceptors (Lipinski definition) is 3. The zero-order valence-corrected chi connectivity index (χ0v) is 12.9. The molecule has 1 atom stereocenters. The maximum Gasteiger partial charge on any atom is 0.287 e. The lowest BCUT2D eigenvalue weighted by Gasteiger charge is -2.28. The van der Waals surface area contributed by atoms with Crippen molar-refractivity contribution in [1.29, 1.82) is 0 Å². The zero-order chi connectivity index (χ0) is 15.4. The van der Waals surface area contributed by atoms with Crippen molar-refractivity contribution in [2.45, 2.75) is 25.8 Å². The number of carbonyl (C=O) groups excluding carboxylic acids is 1. The Morgan fingerprint density at radius 2 is 1.95 bits per heavy atom. The van der Waals surface area contributed by atoms with Gasteiger partial charge in [-0.05, 0) is 50.6 Å². The Labute approximate surface area is 131 Å². The fraction of sp³-hybridized carbons (Fsp3) is 0.389. The molecule has 0 unspecified atom stereocenters. The monoisotopic (exact) mass is 298 g/mol. The summed E-state index contributed by atoms with van der Waals surface area (Å²) in [6.07, 6.45) is 3.98. The molecule has 0 bridgehead atoms. The van der Waals surface area contributed by atoms with Gasteiger partial charge < -0.3 is 9.73 Å². The van der Waals surface area contributed by atoms with Gasteiger partial charge in [0.2, 0.25) is 0 Å². The highest BCUT2D eigenvalue weighted by Gasteiger charge is 2.24. The number of amides is 1. The SMILES string of the molecule is Cc1ccc([C@H](CNC(=O)c2ccco2)N2CCCC2)cc1. The van der Waals surface area contributed by atoms with Gasteiger partial charge in [0.05, 0.1) is 12.3 Å². The molecule has 4 heteroatoms. The fourth-order valence-corrected chi connectivity index (χ4v) is 2.98. The summed E-state index contributed by atoms with van der Waals surface area (Å²) in [5, 5.41) is 3.00. The Balaban J connectivity index is 1.71. The van der Waals surface area contributed by atoms with E-state index in [0.717, 1.165) is 13.1 Å². The Kier molecular flexibility index (Phi) is 4.59. The van der Waals surface area contributed by atoms with E-state index in [4.69, 9.17) is 4.42 Å². The van der Waals surface area contributed by atoms with Crippen molar-refractivity contribution in [2.24, 2.45) is 0 Å². The summed E-state index contributed by atoms with van der Waals surface area (Å²) in [6, 6.07) is 12.2. The molecule has 1 aromatic heterocycles. The standard InChI is InChI=1S/C18H22N2O2/c1-14-6-8-15(9-7-14)16(20-10-2-3-11-20)13-19-18(21)17-5-4-12-22-17/h4-9,12,16H,2-3,10-11,13H2,1H3,(H,19,21)/t16-/m0/s1. The van der Waals surface area contributed by atoms with Crippen molar-refractivity contribution in [2.75, 3.05) is 19.6 Å². The van der Waals surface area contributed by atoms with Crippen molar-refractivity contribution < 1.29 is 9.21 Å². The quantitative estimate of drug-likeness (QED) is 0.922. The van der Waals surface area contributed by atoms with Crippen LogP contribution in [0.3, 0.4) is 0 Å². The second-order valence-corrected chi connectivity index (χ2v) is 5.86. The molecule has 1 aromatic carbocycles. The fourth-order valence-electron chi connectivity index (χ4n) is 2.98. The van der Waals surface area contributed by atoms with Crippen LogP contribution in [0.25, 0.3) is 0 Å². The minimum absolute atomic E-state index is 0.152. The van der Waals surface area contributed by atoms with Crippen molar-refractivity contribution in [3.05, 3.63) is 59.5 Å². The van der Waals surface area contributed by atoms with Crippen LogP contribution in [-0.4, -0.2) is 30.4 Å². The average molecular weight is 298 g/mol. The summed E-state index contributed by atoms with van der Waals surface area (Å²) in [5.41, 5.74) is 2.51. The number of carbonyl (C=O) groups is 1. The summed E-state index contributed by atoms with van der Waals surface area (Å²) < 4.78 is 5.15. The summed E-state index contributed by atoms with van der Waals surface area (Å²) in [6.45, 7) is 4.88. The Hall–Kier alpha value is -2.07. The average Bonchev–Trinajstić information content (AvgIpc) is 3.22. The van der Waals surface area contributed by atoms with Crippen LogP contribution in [-0.2, 0) is 0 Å². The molecule has 1 saturated heterocycles. The predicted molar refractivity (Wildman–Crippen MR) is 85.8 cm³/mol. The third kappa shape index (κ3) is 3.39. The van der Waals surface area contributed by atoms with E-state index in [0.29, 0.717) is 12.3 Å². The van der Waals surface area contributed by atoms with Crippen LogP contribution in [0.1, 0.15) is 40.6 Å². The molecule has 1 N–H and O–H groups in total. The Morgan fingerprint density at radius 1 is 1.23 bits per heavy atom. The van der Waals surface area contributed by atoms with Gasteiger partial charge in [0, 0.05) is 6.54 Å². The van der Waals surface area contributed by atoms with E-state index < -0.39 is 0 Å². The molecular weight excluding hydrogens is 276 g/mol. The first-order valence-corrected chi connectivity index (χ1v) is 7.86. The number of hydrogen-bond donors (Lipinski definition) is 1. The van der Waals surface area contributed by atoms with Crippen molar-refractivity contribution in [3.63, 3.8) is 0 Å². The zero-order valence-electron chi connectivity index (χ0n) is 12.9. The van der Waals surface area contributed by atoms with Gasteiger partial charge in [0.25, 0.3) is 5.91 Å². The molecule has 116 valence electrons. The minimum Gasteiger partial charge on any atom is -0.459 e. The first-order valence-electron chi connectivity index (χ1n) is 7.86. The molecule has 0 aliphatic carbocycles. The maximum atomic E-state index is 12.1. The third-order valence-electron chi connectivity index (χ3n) is 4.24. The topological polar surface area (TPSA) is 45.5 Å². The normalized spacial score (nSPS) is 16.6. The van der Waals surface area contributed by atoms with Gasteiger partial charge >= 0.3 is 0 Å². The molecule has 22 heavy (non-hydrogen) atoms. The van der Waals surface area contributed by atoms with E-state index in [-0.39, 0.29) is 11.9 Å². The van der Waals surface area contributed by atoms with Gasteiger partial charge in [-0.15, -0.1) is 0 Å². The van der Waals surface area contributed by atoms with Crippen LogP contribution in [0.2, 0.25) is 0 Å². The summed E-state index contributed by atoms with van der Waals surface area (Å²) in [7, 11) is 0. The second kappa shape index (κ2) is 6.79. The van der Waals surface area contributed by atoms with E-state index in [1.165, 1.54) is 30.2 Å². The second-order valence-electron chi connectivity index (χ2n) is 5.86. The molecule has 0 radical (unpaired) electrons. The van der Waals surface area contributed by atoms with Gasteiger partial charge in [-0.25, -0.2) is 0 Å². The molecule has 0 spiro atoms. The van der Waals surface area contributed by atoms with E-state index in [1.807, 2.05) is 0 Å². The van der Waals surface area contributed by atoms with Crippen LogP contribution < -0.4 is 5.32 Å². The highest BCUT2D eigenvalue weighted by atomic mass is 16.3. The first kappa shape index (κ1) is 14.9. The number of likely N-dealkylation sites (tertiary alicyclic amines) is 1. The smallest absolute Gasteiger partial charge is 0.287 e. The molecule has 2 aromatic rings. The van der Waals surface area contributed by atoms with E-state index >= 15 is 0 Å². The molecule has 1 aliphatic heterocycles. The summed E-state index contributed by atoms with van der Waals surface area (Å²) >= 11 is 0. The number of nitrogens with one attached hydrogen (secondary N) is 1. The molecule has 4 nitrogen and oxygen atoms in total. The lowest BCUT2D eigenvalue weighted by Crippen LogP contribution is -2.36. The molecular formula is C18H22N2O2. The van der Waals surface area contributed by atoms with Crippen molar-refractivity contribution in [3.8, 4) is 0 Å². The van der Waals surface area contributed by atoms with Crippen LogP contribution in [0.5, 0.6) is 0 Å². The van der Waals surface area contributed by atoms with Gasteiger partial charge in [-0.1, -0.05) is 29.8 Å². The van der Waals surface area contributed by atoms with Gasteiger partial charge in [0.1, 0.15) is 0 Å². The molecule has 1 fully saturated rings. The highest BCUT2D eigenvalue weighted by molar-refractivity contribution is 5.91. The van der Waals surface area contributed by atoms with E-state index in [2.05, 4.69) is 41.4 Å².